The molecule has 146 valence electrons. The van der Waals surface area contributed by atoms with Crippen LogP contribution in [-0.4, -0.2) is 50.7 Å². The Bertz CT molecular complexity index is 1080. The highest BCUT2D eigenvalue weighted by molar-refractivity contribution is 5.94. The molecular formula is C20H18N6O3. The molecule has 0 radical (unpaired) electrons. The van der Waals surface area contributed by atoms with Crippen molar-refractivity contribution < 1.29 is 14.3 Å². The standard InChI is InChI=1S/C20H18N6O3/c1-12(27)21-11-18-17-9-15-8-13(2-4-16(15)26(17)20(28)29-18)14-3-5-19(22-10-14)25-7-6-23-24-25/h2-8,10,17-18H,9,11H2,1H3,(H,21,27)/t17?,18-/m0/s1. The van der Waals surface area contributed by atoms with Gasteiger partial charge in [0, 0.05) is 18.7 Å². The Morgan fingerprint density at radius 3 is 2.86 bits per heavy atom. The first-order valence-corrected chi connectivity index (χ1v) is 9.30. The number of amides is 2. The van der Waals surface area contributed by atoms with Gasteiger partial charge in [-0.3, -0.25) is 9.69 Å². The van der Waals surface area contributed by atoms with E-state index >= 15 is 0 Å². The first kappa shape index (κ1) is 17.4. The third-order valence-corrected chi connectivity index (χ3v) is 5.27. The number of hydrogen-bond donors (Lipinski definition) is 1. The number of pyridine rings is 1. The lowest BCUT2D eigenvalue weighted by Gasteiger charge is -2.16. The third-order valence-electron chi connectivity index (χ3n) is 5.27. The van der Waals surface area contributed by atoms with E-state index in [4.69, 9.17) is 4.74 Å². The van der Waals surface area contributed by atoms with Crippen molar-refractivity contribution in [3.05, 3.63) is 54.5 Å². The van der Waals surface area contributed by atoms with Gasteiger partial charge in [-0.05, 0) is 41.8 Å². The number of benzene rings is 1. The number of cyclic esters (lactones) is 1. The van der Waals surface area contributed by atoms with Crippen LogP contribution in [0.4, 0.5) is 10.5 Å². The van der Waals surface area contributed by atoms with Crippen molar-refractivity contribution in [1.29, 1.82) is 0 Å². The van der Waals surface area contributed by atoms with Crippen LogP contribution >= 0.6 is 0 Å². The van der Waals surface area contributed by atoms with Gasteiger partial charge < -0.3 is 10.1 Å². The molecule has 4 heterocycles. The normalized spacial score (nSPS) is 19.6. The Morgan fingerprint density at radius 1 is 1.28 bits per heavy atom. The minimum Gasteiger partial charge on any atom is -0.442 e. The van der Waals surface area contributed by atoms with Gasteiger partial charge in [0.1, 0.15) is 6.10 Å². The van der Waals surface area contributed by atoms with Gasteiger partial charge in [0.2, 0.25) is 5.91 Å². The molecule has 0 aliphatic carbocycles. The van der Waals surface area contributed by atoms with Crippen molar-refractivity contribution >= 4 is 17.7 Å². The van der Waals surface area contributed by atoms with Crippen molar-refractivity contribution in [2.24, 2.45) is 0 Å². The minimum atomic E-state index is -0.365. The van der Waals surface area contributed by atoms with E-state index in [-0.39, 0.29) is 24.1 Å². The van der Waals surface area contributed by atoms with Gasteiger partial charge in [-0.25, -0.2) is 14.5 Å². The zero-order valence-corrected chi connectivity index (χ0v) is 15.6. The third kappa shape index (κ3) is 3.00. The second-order valence-corrected chi connectivity index (χ2v) is 7.10. The number of fused-ring (bicyclic) bond motifs is 3. The summed E-state index contributed by atoms with van der Waals surface area (Å²) in [7, 11) is 0. The monoisotopic (exact) mass is 390 g/mol. The quantitative estimate of drug-likeness (QED) is 0.728. The molecule has 9 heteroatoms. The lowest BCUT2D eigenvalue weighted by atomic mass is 10.0. The number of ether oxygens (including phenoxy) is 1. The molecule has 1 fully saturated rings. The molecule has 29 heavy (non-hydrogen) atoms. The zero-order chi connectivity index (χ0) is 20.0. The topological polar surface area (TPSA) is 102 Å². The van der Waals surface area contributed by atoms with E-state index in [2.05, 4.69) is 26.7 Å². The Morgan fingerprint density at radius 2 is 2.14 bits per heavy atom. The molecular weight excluding hydrogens is 372 g/mol. The molecule has 1 aromatic carbocycles. The van der Waals surface area contributed by atoms with Gasteiger partial charge in [-0.1, -0.05) is 11.3 Å². The second-order valence-electron chi connectivity index (χ2n) is 7.10. The van der Waals surface area contributed by atoms with Crippen LogP contribution in [-0.2, 0) is 16.0 Å². The van der Waals surface area contributed by atoms with Crippen LogP contribution in [0.1, 0.15) is 12.5 Å². The maximum absolute atomic E-state index is 12.3. The van der Waals surface area contributed by atoms with Gasteiger partial charge >= 0.3 is 6.09 Å². The average molecular weight is 390 g/mol. The van der Waals surface area contributed by atoms with E-state index in [1.807, 2.05) is 24.3 Å². The van der Waals surface area contributed by atoms with Crippen LogP contribution in [0.2, 0.25) is 0 Å². The Hall–Kier alpha value is -3.75. The van der Waals surface area contributed by atoms with E-state index < -0.39 is 0 Å². The maximum atomic E-state index is 12.3. The molecule has 2 aliphatic heterocycles. The molecule has 1 N–H and O–H groups in total. The van der Waals surface area contributed by atoms with E-state index in [0.717, 1.165) is 22.4 Å². The lowest BCUT2D eigenvalue weighted by molar-refractivity contribution is -0.119. The van der Waals surface area contributed by atoms with Gasteiger partial charge in [-0.2, -0.15) is 0 Å². The maximum Gasteiger partial charge on any atom is 0.415 e. The number of hydrogen-bond acceptors (Lipinski definition) is 6. The van der Waals surface area contributed by atoms with Crippen molar-refractivity contribution in [2.45, 2.75) is 25.5 Å². The van der Waals surface area contributed by atoms with Crippen LogP contribution in [0.25, 0.3) is 16.9 Å². The smallest absolute Gasteiger partial charge is 0.415 e. The molecule has 0 saturated carbocycles. The summed E-state index contributed by atoms with van der Waals surface area (Å²) in [5, 5.41) is 10.5. The predicted octanol–water partition coefficient (Wildman–Crippen LogP) is 1.72. The largest absolute Gasteiger partial charge is 0.442 e. The summed E-state index contributed by atoms with van der Waals surface area (Å²) in [6.07, 6.45) is 5.10. The van der Waals surface area contributed by atoms with Crippen molar-refractivity contribution in [3.8, 4) is 16.9 Å². The summed E-state index contributed by atoms with van der Waals surface area (Å²) in [4.78, 5) is 29.7. The molecule has 5 rings (SSSR count). The van der Waals surface area contributed by atoms with Gasteiger partial charge in [0.05, 0.1) is 30.7 Å². The lowest BCUT2D eigenvalue weighted by Crippen LogP contribution is -2.40. The SMILES string of the molecule is CC(=O)NC[C@@H]1OC(=O)N2c3ccc(-c4ccc(-n5ccnn5)nc4)cc3CC12. The number of nitrogens with one attached hydrogen (secondary N) is 1. The molecule has 2 atom stereocenters. The minimum absolute atomic E-state index is 0.104. The Labute approximate surface area is 166 Å². The highest BCUT2D eigenvalue weighted by Crippen LogP contribution is 2.40. The predicted molar refractivity (Wildman–Crippen MR) is 104 cm³/mol. The van der Waals surface area contributed by atoms with E-state index in [1.54, 1.807) is 28.2 Å². The van der Waals surface area contributed by atoms with Crippen LogP contribution in [0.5, 0.6) is 0 Å². The number of nitrogens with zero attached hydrogens (tertiary/aromatic N) is 5. The number of carbonyl (C=O) groups is 2. The first-order chi connectivity index (χ1) is 14.1. The van der Waals surface area contributed by atoms with Gasteiger partial charge in [0.15, 0.2) is 5.82 Å². The van der Waals surface area contributed by atoms with Gasteiger partial charge in [0.25, 0.3) is 0 Å². The summed E-state index contributed by atoms with van der Waals surface area (Å²) in [6.45, 7) is 1.77. The van der Waals surface area contributed by atoms with Crippen LogP contribution in [0.15, 0.2) is 48.9 Å². The highest BCUT2D eigenvalue weighted by atomic mass is 16.6. The zero-order valence-electron chi connectivity index (χ0n) is 15.6. The summed E-state index contributed by atoms with van der Waals surface area (Å²) >= 11 is 0. The average Bonchev–Trinajstić information content (AvgIpc) is 3.44. The molecule has 0 spiro atoms. The summed E-state index contributed by atoms with van der Waals surface area (Å²) < 4.78 is 7.05. The van der Waals surface area contributed by atoms with Gasteiger partial charge in [-0.15, -0.1) is 5.10 Å². The summed E-state index contributed by atoms with van der Waals surface area (Å²) in [5.74, 6) is 0.552. The molecule has 3 aromatic rings. The molecule has 2 aliphatic rings. The Balaban J connectivity index is 1.39. The molecule has 1 saturated heterocycles. The molecule has 0 bridgehead atoms. The first-order valence-electron chi connectivity index (χ1n) is 9.30. The van der Waals surface area contributed by atoms with Crippen LogP contribution in [0, 0.1) is 0 Å². The molecule has 2 aromatic heterocycles. The number of anilines is 1. The fraction of sp³-hybridized carbons (Fsp3) is 0.250. The van der Waals surface area contributed by atoms with Crippen molar-refractivity contribution in [1.82, 2.24) is 25.3 Å². The Kier molecular flexibility index (Phi) is 4.01. The van der Waals surface area contributed by atoms with Crippen molar-refractivity contribution in [3.63, 3.8) is 0 Å². The number of carbonyl (C=O) groups excluding carboxylic acids is 2. The number of rotatable bonds is 4. The second kappa shape index (κ2) is 6.69. The molecule has 2 amide bonds. The summed E-state index contributed by atoms with van der Waals surface area (Å²) in [6, 6.07) is 9.77. The van der Waals surface area contributed by atoms with E-state index in [0.29, 0.717) is 18.8 Å². The highest BCUT2D eigenvalue weighted by Gasteiger charge is 2.47. The number of aromatic nitrogens is 4. The van der Waals surface area contributed by atoms with Crippen LogP contribution < -0.4 is 10.2 Å². The fourth-order valence-electron chi connectivity index (χ4n) is 3.90. The molecule has 1 unspecified atom stereocenters. The summed E-state index contributed by atoms with van der Waals surface area (Å²) in [5.41, 5.74) is 3.94. The van der Waals surface area contributed by atoms with Crippen molar-refractivity contribution in [2.75, 3.05) is 11.4 Å². The fourth-order valence-corrected chi connectivity index (χ4v) is 3.90. The van der Waals surface area contributed by atoms with Crippen LogP contribution in [0.3, 0.4) is 0 Å². The van der Waals surface area contributed by atoms with E-state index in [9.17, 15) is 9.59 Å². The molecule has 9 nitrogen and oxygen atoms in total. The van der Waals surface area contributed by atoms with E-state index in [1.165, 1.54) is 6.92 Å².